The van der Waals surface area contributed by atoms with E-state index in [2.05, 4.69) is 4.90 Å². The lowest BCUT2D eigenvalue weighted by Crippen LogP contribution is -2.60. The summed E-state index contributed by atoms with van der Waals surface area (Å²) in [6, 6.07) is 7.84. The highest BCUT2D eigenvalue weighted by molar-refractivity contribution is 5.28. The van der Waals surface area contributed by atoms with Crippen molar-refractivity contribution in [3.63, 3.8) is 0 Å². The third kappa shape index (κ3) is 4.73. The predicted octanol–water partition coefficient (Wildman–Crippen LogP) is -0.250. The van der Waals surface area contributed by atoms with E-state index in [1.807, 2.05) is 24.3 Å². The maximum atomic E-state index is 10.3. The Morgan fingerprint density at radius 2 is 1.81 bits per heavy atom. The first-order chi connectivity index (χ1) is 12.5. The molecule has 146 valence electrons. The Labute approximate surface area is 153 Å². The fraction of sp³-hybridized carbons (Fsp3) is 0.684. The normalized spacial score (nSPS) is 32.0. The lowest BCUT2D eigenvalue weighted by molar-refractivity contribution is -0.232. The summed E-state index contributed by atoms with van der Waals surface area (Å²) in [4.78, 5) is 2.19. The number of nitrogens with zero attached hydrogens (tertiary/aromatic N) is 1. The molecule has 1 aliphatic carbocycles. The highest BCUT2D eigenvalue weighted by atomic mass is 16.5. The first-order valence-electron chi connectivity index (χ1n) is 9.17. The maximum Gasteiger partial charge on any atom is 0.119 e. The predicted molar refractivity (Wildman–Crippen MR) is 94.8 cm³/mol. The molecule has 1 saturated carbocycles. The zero-order valence-electron chi connectivity index (χ0n) is 15.1. The molecule has 0 amide bonds. The van der Waals surface area contributed by atoms with Crippen LogP contribution in [0.1, 0.15) is 18.4 Å². The standard InChI is InChI=1S/C19H29NO6/c1-25-14-4-2-3-13(7-14)9-20(8-12-5-6-12)10-15-17(22)19(24)18(23)16(11-21)26-15/h2-4,7,12,15-19,21-24H,5-6,8-11H2,1H3/t15-,16+,17+,18+,19+/m0/s1. The van der Waals surface area contributed by atoms with Gasteiger partial charge in [0.2, 0.25) is 0 Å². The molecule has 26 heavy (non-hydrogen) atoms. The van der Waals surface area contributed by atoms with Gasteiger partial charge in [-0.1, -0.05) is 12.1 Å². The number of hydrogen-bond donors (Lipinski definition) is 4. The molecule has 0 spiro atoms. The molecule has 1 heterocycles. The lowest BCUT2D eigenvalue weighted by Gasteiger charge is -2.41. The molecule has 2 fully saturated rings. The maximum absolute atomic E-state index is 10.3. The minimum Gasteiger partial charge on any atom is -0.497 e. The third-order valence-electron chi connectivity index (χ3n) is 5.18. The van der Waals surface area contributed by atoms with Gasteiger partial charge in [0, 0.05) is 19.6 Å². The van der Waals surface area contributed by atoms with Gasteiger partial charge in [-0.05, 0) is 36.5 Å². The highest BCUT2D eigenvalue weighted by Crippen LogP contribution is 2.31. The first-order valence-corrected chi connectivity index (χ1v) is 9.17. The van der Waals surface area contributed by atoms with E-state index in [1.165, 1.54) is 12.8 Å². The third-order valence-corrected chi connectivity index (χ3v) is 5.18. The average Bonchev–Trinajstić information content (AvgIpc) is 3.46. The lowest BCUT2D eigenvalue weighted by atomic mass is 9.94. The van der Waals surface area contributed by atoms with Gasteiger partial charge in [0.15, 0.2) is 0 Å². The van der Waals surface area contributed by atoms with Crippen LogP contribution in [-0.4, -0.2) is 82.7 Å². The highest BCUT2D eigenvalue weighted by Gasteiger charge is 2.44. The van der Waals surface area contributed by atoms with Gasteiger partial charge in [0.25, 0.3) is 0 Å². The van der Waals surface area contributed by atoms with Crippen LogP contribution in [0, 0.1) is 5.92 Å². The van der Waals surface area contributed by atoms with Gasteiger partial charge in [0.1, 0.15) is 30.2 Å². The van der Waals surface area contributed by atoms with Crippen molar-refractivity contribution in [2.45, 2.75) is 49.9 Å². The molecule has 3 rings (SSSR count). The fourth-order valence-corrected chi connectivity index (χ4v) is 3.48. The molecule has 7 nitrogen and oxygen atoms in total. The second-order valence-electron chi connectivity index (χ2n) is 7.36. The van der Waals surface area contributed by atoms with Crippen molar-refractivity contribution < 1.29 is 29.9 Å². The average molecular weight is 367 g/mol. The molecule has 1 saturated heterocycles. The molecule has 7 heteroatoms. The Hall–Kier alpha value is -1.22. The van der Waals surface area contributed by atoms with Gasteiger partial charge in [-0.25, -0.2) is 0 Å². The van der Waals surface area contributed by atoms with Gasteiger partial charge in [0.05, 0.1) is 19.8 Å². The minimum absolute atomic E-state index is 0.403. The van der Waals surface area contributed by atoms with E-state index in [4.69, 9.17) is 9.47 Å². The summed E-state index contributed by atoms with van der Waals surface area (Å²) >= 11 is 0. The Morgan fingerprint density at radius 1 is 1.08 bits per heavy atom. The molecule has 0 aromatic heterocycles. The topological polar surface area (TPSA) is 103 Å². The van der Waals surface area contributed by atoms with Crippen LogP contribution in [0.4, 0.5) is 0 Å². The number of benzene rings is 1. The Bertz CT molecular complexity index is 579. The molecular weight excluding hydrogens is 338 g/mol. The molecule has 5 atom stereocenters. The van der Waals surface area contributed by atoms with E-state index < -0.39 is 37.1 Å². The SMILES string of the molecule is COc1cccc(CN(CC2CC2)C[C@@H]2O[C@H](CO)[C@@H](O)[C@H](O)[C@@H]2O)c1. The minimum atomic E-state index is -1.33. The van der Waals surface area contributed by atoms with E-state index in [9.17, 15) is 20.4 Å². The van der Waals surface area contributed by atoms with Crippen molar-refractivity contribution in [2.75, 3.05) is 26.8 Å². The monoisotopic (exact) mass is 367 g/mol. The molecule has 0 radical (unpaired) electrons. The van der Waals surface area contributed by atoms with Crippen molar-refractivity contribution in [3.05, 3.63) is 29.8 Å². The van der Waals surface area contributed by atoms with Crippen LogP contribution < -0.4 is 4.74 Å². The van der Waals surface area contributed by atoms with Crippen LogP contribution in [0.3, 0.4) is 0 Å². The van der Waals surface area contributed by atoms with Gasteiger partial charge >= 0.3 is 0 Å². The molecule has 0 unspecified atom stereocenters. The Balaban J connectivity index is 1.69. The summed E-state index contributed by atoms with van der Waals surface area (Å²) in [5.74, 6) is 1.44. The van der Waals surface area contributed by atoms with Crippen LogP contribution in [0.15, 0.2) is 24.3 Å². The molecule has 1 aromatic carbocycles. The Morgan fingerprint density at radius 3 is 2.46 bits per heavy atom. The number of rotatable bonds is 8. The van der Waals surface area contributed by atoms with Crippen molar-refractivity contribution in [2.24, 2.45) is 5.92 Å². The second-order valence-corrected chi connectivity index (χ2v) is 7.36. The van der Waals surface area contributed by atoms with Crippen LogP contribution in [-0.2, 0) is 11.3 Å². The molecule has 1 aromatic rings. The zero-order valence-corrected chi connectivity index (χ0v) is 15.1. The number of hydrogen-bond acceptors (Lipinski definition) is 7. The van der Waals surface area contributed by atoms with Crippen molar-refractivity contribution in [1.29, 1.82) is 0 Å². The summed E-state index contributed by atoms with van der Waals surface area (Å²) in [6.45, 7) is 1.56. The molecule has 4 N–H and O–H groups in total. The van der Waals surface area contributed by atoms with E-state index in [0.717, 1.165) is 17.9 Å². The molecular formula is C19H29NO6. The van der Waals surface area contributed by atoms with E-state index in [1.54, 1.807) is 7.11 Å². The fourth-order valence-electron chi connectivity index (χ4n) is 3.48. The molecule has 0 bridgehead atoms. The van der Waals surface area contributed by atoms with E-state index >= 15 is 0 Å². The van der Waals surface area contributed by atoms with E-state index in [0.29, 0.717) is 19.0 Å². The van der Waals surface area contributed by atoms with Crippen LogP contribution in [0.25, 0.3) is 0 Å². The van der Waals surface area contributed by atoms with Gasteiger partial charge in [-0.15, -0.1) is 0 Å². The summed E-state index contributed by atoms with van der Waals surface area (Å²) < 4.78 is 10.9. The van der Waals surface area contributed by atoms with E-state index in [-0.39, 0.29) is 0 Å². The smallest absolute Gasteiger partial charge is 0.119 e. The largest absolute Gasteiger partial charge is 0.497 e. The van der Waals surface area contributed by atoms with Crippen molar-refractivity contribution in [1.82, 2.24) is 4.90 Å². The molecule has 2 aliphatic rings. The number of methoxy groups -OCH3 is 1. The summed E-state index contributed by atoms with van der Waals surface area (Å²) in [6.07, 6.45) is -2.98. The van der Waals surface area contributed by atoms with Gasteiger partial charge < -0.3 is 29.9 Å². The number of ether oxygens (including phenoxy) is 2. The summed E-state index contributed by atoms with van der Waals surface area (Å²) in [7, 11) is 1.63. The molecule has 1 aliphatic heterocycles. The Kier molecular flexibility index (Phi) is 6.50. The van der Waals surface area contributed by atoms with Gasteiger partial charge in [-0.3, -0.25) is 4.90 Å². The van der Waals surface area contributed by atoms with Crippen LogP contribution >= 0.6 is 0 Å². The zero-order chi connectivity index (χ0) is 18.7. The van der Waals surface area contributed by atoms with Crippen molar-refractivity contribution >= 4 is 0 Å². The van der Waals surface area contributed by atoms with Crippen LogP contribution in [0.5, 0.6) is 5.75 Å². The first kappa shape index (κ1) is 19.5. The second kappa shape index (κ2) is 8.65. The van der Waals surface area contributed by atoms with Crippen LogP contribution in [0.2, 0.25) is 0 Å². The summed E-state index contributed by atoms with van der Waals surface area (Å²) in [5, 5.41) is 39.6. The quantitative estimate of drug-likeness (QED) is 0.502. The van der Waals surface area contributed by atoms with Crippen molar-refractivity contribution in [3.8, 4) is 5.75 Å². The number of aliphatic hydroxyl groups excluding tert-OH is 4. The van der Waals surface area contributed by atoms with Gasteiger partial charge in [-0.2, -0.15) is 0 Å². The summed E-state index contributed by atoms with van der Waals surface area (Å²) in [5.41, 5.74) is 1.09. The number of aliphatic hydroxyl groups is 4.